The number of nitrogens with one attached hydrogen (secondary N) is 2. The predicted octanol–water partition coefficient (Wildman–Crippen LogP) is 0.761. The van der Waals surface area contributed by atoms with Crippen molar-refractivity contribution in [3.63, 3.8) is 0 Å². The number of halogens is 3. The fourth-order valence-corrected chi connectivity index (χ4v) is 0.904. The smallest absolute Gasteiger partial charge is 0.370 e. The Morgan fingerprint density at radius 2 is 2.25 bits per heavy atom. The largest absolute Gasteiger partial charge is 0.411 e. The van der Waals surface area contributed by atoms with Gasteiger partial charge >= 0.3 is 6.18 Å². The van der Waals surface area contributed by atoms with Gasteiger partial charge in [0.15, 0.2) is 0 Å². The Kier molecular flexibility index (Phi) is 4.29. The number of hydrogen-bond donors (Lipinski definition) is 2. The lowest BCUT2D eigenvalue weighted by molar-refractivity contribution is -0.172. The van der Waals surface area contributed by atoms with E-state index in [1.165, 1.54) is 12.4 Å². The molecule has 0 bridgehead atoms. The van der Waals surface area contributed by atoms with Crippen LogP contribution in [0.3, 0.4) is 0 Å². The van der Waals surface area contributed by atoms with Crippen molar-refractivity contribution in [2.75, 3.05) is 25.1 Å². The molecule has 0 amide bonds. The molecule has 8 heteroatoms. The highest BCUT2D eigenvalue weighted by Gasteiger charge is 2.27. The summed E-state index contributed by atoms with van der Waals surface area (Å²) in [7, 11) is 0. The van der Waals surface area contributed by atoms with Gasteiger partial charge in [0.25, 0.3) is 5.56 Å². The van der Waals surface area contributed by atoms with E-state index in [0.29, 0.717) is 5.82 Å². The maximum atomic E-state index is 11.7. The van der Waals surface area contributed by atoms with Crippen LogP contribution in [0.15, 0.2) is 17.2 Å². The van der Waals surface area contributed by atoms with Gasteiger partial charge in [0.2, 0.25) is 0 Å². The molecule has 1 aromatic rings. The van der Waals surface area contributed by atoms with Gasteiger partial charge in [-0.25, -0.2) is 4.98 Å². The van der Waals surface area contributed by atoms with E-state index in [2.05, 4.69) is 20.0 Å². The van der Waals surface area contributed by atoms with Crippen LogP contribution in [0.4, 0.5) is 19.0 Å². The third-order valence-electron chi connectivity index (χ3n) is 1.50. The van der Waals surface area contributed by atoms with Gasteiger partial charge in [0.05, 0.1) is 12.9 Å². The lowest BCUT2D eigenvalue weighted by atomic mass is 10.5. The molecule has 0 radical (unpaired) electrons. The Hall–Kier alpha value is -1.57. The molecule has 0 fully saturated rings. The van der Waals surface area contributed by atoms with Gasteiger partial charge in [-0.2, -0.15) is 13.2 Å². The van der Waals surface area contributed by atoms with Crippen LogP contribution in [-0.2, 0) is 4.74 Å². The number of rotatable bonds is 5. The summed E-state index contributed by atoms with van der Waals surface area (Å²) in [6, 6.07) is 1.20. The second-order valence-electron chi connectivity index (χ2n) is 2.89. The summed E-state index contributed by atoms with van der Waals surface area (Å²) in [6.07, 6.45) is -3.12. The number of aromatic amines is 1. The van der Waals surface area contributed by atoms with Gasteiger partial charge in [-0.15, -0.1) is 0 Å². The van der Waals surface area contributed by atoms with Gasteiger partial charge in [0, 0.05) is 12.6 Å². The molecule has 0 unspecified atom stereocenters. The molecule has 5 nitrogen and oxygen atoms in total. The molecule has 16 heavy (non-hydrogen) atoms. The summed E-state index contributed by atoms with van der Waals surface area (Å²) < 4.78 is 39.3. The number of hydrogen-bond acceptors (Lipinski definition) is 4. The summed E-state index contributed by atoms with van der Waals surface area (Å²) >= 11 is 0. The fraction of sp³-hybridized carbons (Fsp3) is 0.500. The quantitative estimate of drug-likeness (QED) is 0.742. The molecular weight excluding hydrogens is 227 g/mol. The Labute approximate surface area is 88.7 Å². The molecule has 1 rings (SSSR count). The van der Waals surface area contributed by atoms with Crippen LogP contribution in [0.2, 0.25) is 0 Å². The van der Waals surface area contributed by atoms with Crippen molar-refractivity contribution in [2.45, 2.75) is 6.18 Å². The molecule has 0 saturated heterocycles. The van der Waals surface area contributed by atoms with Crippen LogP contribution in [0.25, 0.3) is 0 Å². The Morgan fingerprint density at radius 1 is 1.50 bits per heavy atom. The van der Waals surface area contributed by atoms with Crippen molar-refractivity contribution >= 4 is 5.82 Å². The highest BCUT2D eigenvalue weighted by Crippen LogP contribution is 2.13. The topological polar surface area (TPSA) is 67.0 Å². The summed E-state index contributed by atoms with van der Waals surface area (Å²) in [6.45, 7) is -1.25. The summed E-state index contributed by atoms with van der Waals surface area (Å²) in [5, 5.41) is 2.65. The van der Waals surface area contributed by atoms with E-state index in [0.717, 1.165) is 0 Å². The van der Waals surface area contributed by atoms with Gasteiger partial charge in [-0.3, -0.25) is 4.79 Å². The van der Waals surface area contributed by atoms with E-state index in [9.17, 15) is 18.0 Å². The third kappa shape index (κ3) is 5.35. The SMILES string of the molecule is O=c1cc(NCCOCC(F)(F)F)nc[nH]1. The van der Waals surface area contributed by atoms with Crippen molar-refractivity contribution in [3.8, 4) is 0 Å². The summed E-state index contributed by atoms with van der Waals surface area (Å²) in [5.41, 5.74) is -0.339. The Morgan fingerprint density at radius 3 is 2.88 bits per heavy atom. The second-order valence-corrected chi connectivity index (χ2v) is 2.89. The minimum Gasteiger partial charge on any atom is -0.370 e. The number of aromatic nitrogens is 2. The maximum Gasteiger partial charge on any atom is 0.411 e. The zero-order chi connectivity index (χ0) is 12.0. The summed E-state index contributed by atoms with van der Waals surface area (Å²) in [5.74, 6) is 0.291. The van der Waals surface area contributed by atoms with Crippen LogP contribution in [-0.4, -0.2) is 35.9 Å². The maximum absolute atomic E-state index is 11.7. The molecule has 2 N–H and O–H groups in total. The molecule has 0 aliphatic carbocycles. The first-order valence-corrected chi connectivity index (χ1v) is 4.40. The van der Waals surface area contributed by atoms with E-state index < -0.39 is 12.8 Å². The van der Waals surface area contributed by atoms with Gasteiger partial charge < -0.3 is 15.0 Å². The minimum atomic E-state index is -4.32. The summed E-state index contributed by atoms with van der Waals surface area (Å²) in [4.78, 5) is 16.8. The van der Waals surface area contributed by atoms with E-state index in [4.69, 9.17) is 0 Å². The predicted molar refractivity (Wildman–Crippen MR) is 50.2 cm³/mol. The van der Waals surface area contributed by atoms with Crippen molar-refractivity contribution in [3.05, 3.63) is 22.7 Å². The monoisotopic (exact) mass is 237 g/mol. The van der Waals surface area contributed by atoms with Gasteiger partial charge in [0.1, 0.15) is 12.4 Å². The third-order valence-corrected chi connectivity index (χ3v) is 1.50. The van der Waals surface area contributed by atoms with Crippen molar-refractivity contribution in [1.82, 2.24) is 9.97 Å². The van der Waals surface area contributed by atoms with Crippen LogP contribution >= 0.6 is 0 Å². The number of ether oxygens (including phenoxy) is 1. The number of H-pyrrole nitrogens is 1. The Balaban J connectivity index is 2.19. The normalized spacial score (nSPS) is 11.4. The molecule has 0 aliphatic rings. The van der Waals surface area contributed by atoms with Crippen LogP contribution in [0, 0.1) is 0 Å². The highest BCUT2D eigenvalue weighted by molar-refractivity contribution is 5.31. The van der Waals surface area contributed by atoms with Crippen LogP contribution in [0.1, 0.15) is 0 Å². The average Bonchev–Trinajstić information content (AvgIpc) is 2.15. The van der Waals surface area contributed by atoms with Gasteiger partial charge in [-0.05, 0) is 0 Å². The van der Waals surface area contributed by atoms with Crippen molar-refractivity contribution in [1.29, 1.82) is 0 Å². The fourth-order valence-electron chi connectivity index (χ4n) is 0.904. The van der Waals surface area contributed by atoms with E-state index in [1.54, 1.807) is 0 Å². The van der Waals surface area contributed by atoms with E-state index in [-0.39, 0.29) is 18.7 Å². The standard InChI is InChI=1S/C8H10F3N3O2/c9-8(10,11)4-16-2-1-12-6-3-7(15)14-5-13-6/h3,5H,1-2,4H2,(H2,12,13,14,15). The molecule has 0 atom stereocenters. The number of nitrogens with zero attached hydrogens (tertiary/aromatic N) is 1. The van der Waals surface area contributed by atoms with Crippen molar-refractivity contribution < 1.29 is 17.9 Å². The minimum absolute atomic E-state index is 0.117. The first-order valence-electron chi connectivity index (χ1n) is 4.40. The molecule has 0 aliphatic heterocycles. The molecule has 1 heterocycles. The highest BCUT2D eigenvalue weighted by atomic mass is 19.4. The van der Waals surface area contributed by atoms with Crippen LogP contribution < -0.4 is 10.9 Å². The molecule has 90 valence electrons. The molecule has 0 aromatic carbocycles. The van der Waals surface area contributed by atoms with Gasteiger partial charge in [-0.1, -0.05) is 0 Å². The van der Waals surface area contributed by atoms with E-state index in [1.807, 2.05) is 0 Å². The van der Waals surface area contributed by atoms with Crippen LogP contribution in [0.5, 0.6) is 0 Å². The molecule has 0 saturated carbocycles. The number of alkyl halides is 3. The molecule has 1 aromatic heterocycles. The average molecular weight is 237 g/mol. The number of anilines is 1. The first kappa shape index (κ1) is 12.5. The zero-order valence-corrected chi connectivity index (χ0v) is 8.17. The lowest BCUT2D eigenvalue weighted by Crippen LogP contribution is -2.20. The Bertz CT molecular complexity index is 377. The van der Waals surface area contributed by atoms with E-state index >= 15 is 0 Å². The molecule has 0 spiro atoms. The lowest BCUT2D eigenvalue weighted by Gasteiger charge is -2.08. The zero-order valence-electron chi connectivity index (χ0n) is 8.17. The molecular formula is C8H10F3N3O2. The second kappa shape index (κ2) is 5.50. The van der Waals surface area contributed by atoms with Crippen molar-refractivity contribution in [2.24, 2.45) is 0 Å². The first-order chi connectivity index (χ1) is 7.47.